The minimum atomic E-state index is -0.432. The van der Waals surface area contributed by atoms with E-state index in [2.05, 4.69) is 10.2 Å². The normalized spacial score (nSPS) is 10.7. The summed E-state index contributed by atoms with van der Waals surface area (Å²) in [6.07, 6.45) is 0. The lowest BCUT2D eigenvalue weighted by molar-refractivity contribution is -0.115. The molecule has 0 atom stereocenters. The van der Waals surface area contributed by atoms with Crippen molar-refractivity contribution in [1.29, 1.82) is 0 Å². The number of thioether (sulfide) groups is 1. The van der Waals surface area contributed by atoms with Crippen molar-refractivity contribution >= 4 is 29.3 Å². The number of hydrogen-bond acceptors (Lipinski definition) is 6. The van der Waals surface area contributed by atoms with Crippen LogP contribution in [0.1, 0.15) is 18.3 Å². The second-order valence-electron chi connectivity index (χ2n) is 6.12. The van der Waals surface area contributed by atoms with Gasteiger partial charge in [0.25, 0.3) is 0 Å². The molecule has 0 bridgehead atoms. The number of primary amides is 1. The van der Waals surface area contributed by atoms with E-state index in [1.807, 2.05) is 60.9 Å². The SMILES string of the molecule is CCOc1ccc(OCc2nnc(SCC(N)=O)n2-c2ccc(C)c(Cl)c2)cc1. The third-order valence-corrected chi connectivity index (χ3v) is 5.32. The number of halogens is 1. The fraction of sp³-hybridized carbons (Fsp3) is 0.250. The third-order valence-electron chi connectivity index (χ3n) is 3.96. The molecule has 0 aliphatic carbocycles. The molecule has 0 aliphatic rings. The molecular formula is C20H21ClN4O3S. The number of carbonyl (C=O) groups excluding carboxylic acids is 1. The summed E-state index contributed by atoms with van der Waals surface area (Å²) in [7, 11) is 0. The number of aromatic nitrogens is 3. The van der Waals surface area contributed by atoms with E-state index < -0.39 is 5.91 Å². The fourth-order valence-corrected chi connectivity index (χ4v) is 3.43. The standard InChI is InChI=1S/C20H21ClN4O3S/c1-3-27-15-6-8-16(9-7-15)28-11-19-23-24-20(29-12-18(22)26)25(19)14-5-4-13(2)17(21)10-14/h4-10H,3,11-12H2,1-2H3,(H2,22,26). The maximum absolute atomic E-state index is 11.2. The predicted octanol–water partition coefficient (Wildman–Crippen LogP) is 3.78. The lowest BCUT2D eigenvalue weighted by atomic mass is 10.2. The first-order chi connectivity index (χ1) is 14.0. The van der Waals surface area contributed by atoms with Crippen LogP contribution in [-0.4, -0.2) is 33.0 Å². The molecule has 0 aliphatic heterocycles. The van der Waals surface area contributed by atoms with Gasteiger partial charge in [0.1, 0.15) is 18.1 Å². The molecule has 1 amide bonds. The molecule has 3 aromatic rings. The summed E-state index contributed by atoms with van der Waals surface area (Å²) in [4.78, 5) is 11.2. The quantitative estimate of drug-likeness (QED) is 0.517. The van der Waals surface area contributed by atoms with Crippen LogP contribution >= 0.6 is 23.4 Å². The Labute approximate surface area is 178 Å². The summed E-state index contributed by atoms with van der Waals surface area (Å²) < 4.78 is 13.1. The number of ether oxygens (including phenoxy) is 2. The third kappa shape index (κ3) is 5.42. The molecule has 29 heavy (non-hydrogen) atoms. The van der Waals surface area contributed by atoms with E-state index in [-0.39, 0.29) is 12.4 Å². The number of carbonyl (C=O) groups is 1. The van der Waals surface area contributed by atoms with E-state index in [4.69, 9.17) is 26.8 Å². The van der Waals surface area contributed by atoms with Crippen LogP contribution in [0.2, 0.25) is 5.02 Å². The fourth-order valence-electron chi connectivity index (χ4n) is 2.55. The maximum Gasteiger partial charge on any atom is 0.227 e. The number of benzene rings is 2. The average molecular weight is 433 g/mol. The van der Waals surface area contributed by atoms with Crippen LogP contribution in [-0.2, 0) is 11.4 Å². The molecular weight excluding hydrogens is 412 g/mol. The number of hydrogen-bond donors (Lipinski definition) is 1. The molecule has 3 rings (SSSR count). The van der Waals surface area contributed by atoms with Crippen LogP contribution in [0.3, 0.4) is 0 Å². The van der Waals surface area contributed by atoms with Gasteiger partial charge in [0.05, 0.1) is 18.0 Å². The van der Waals surface area contributed by atoms with Crippen molar-refractivity contribution in [3.63, 3.8) is 0 Å². The minimum absolute atomic E-state index is 0.0947. The summed E-state index contributed by atoms with van der Waals surface area (Å²) in [5.74, 6) is 1.69. The van der Waals surface area contributed by atoms with Crippen LogP contribution < -0.4 is 15.2 Å². The van der Waals surface area contributed by atoms with Crippen molar-refractivity contribution in [2.24, 2.45) is 5.73 Å². The molecule has 0 saturated carbocycles. The van der Waals surface area contributed by atoms with Crippen LogP contribution in [0.5, 0.6) is 11.5 Å². The molecule has 1 heterocycles. The van der Waals surface area contributed by atoms with Crippen LogP contribution in [0.25, 0.3) is 5.69 Å². The number of amides is 1. The van der Waals surface area contributed by atoms with Gasteiger partial charge in [0.15, 0.2) is 11.0 Å². The number of rotatable bonds is 9. The lowest BCUT2D eigenvalue weighted by Gasteiger charge is -2.12. The maximum atomic E-state index is 11.2. The van der Waals surface area contributed by atoms with E-state index in [1.54, 1.807) is 0 Å². The van der Waals surface area contributed by atoms with Gasteiger partial charge in [0, 0.05) is 5.02 Å². The first-order valence-electron chi connectivity index (χ1n) is 8.95. The van der Waals surface area contributed by atoms with Crippen molar-refractivity contribution < 1.29 is 14.3 Å². The number of nitrogens with two attached hydrogens (primary N) is 1. The van der Waals surface area contributed by atoms with Gasteiger partial charge in [-0.15, -0.1) is 10.2 Å². The highest BCUT2D eigenvalue weighted by Gasteiger charge is 2.16. The minimum Gasteiger partial charge on any atom is -0.494 e. The van der Waals surface area contributed by atoms with Gasteiger partial charge in [-0.25, -0.2) is 0 Å². The zero-order valence-corrected chi connectivity index (χ0v) is 17.7. The summed E-state index contributed by atoms with van der Waals surface area (Å²) in [6.45, 7) is 4.65. The van der Waals surface area contributed by atoms with Crippen LogP contribution in [0.4, 0.5) is 0 Å². The van der Waals surface area contributed by atoms with Crippen LogP contribution in [0.15, 0.2) is 47.6 Å². The van der Waals surface area contributed by atoms with Crippen molar-refractivity contribution in [2.45, 2.75) is 25.6 Å². The summed E-state index contributed by atoms with van der Waals surface area (Å²) >= 11 is 7.51. The highest BCUT2D eigenvalue weighted by molar-refractivity contribution is 7.99. The first-order valence-corrected chi connectivity index (χ1v) is 10.3. The van der Waals surface area contributed by atoms with Gasteiger partial charge in [-0.05, 0) is 55.8 Å². The Balaban J connectivity index is 1.85. The Kier molecular flexibility index (Phi) is 7.00. The Hall–Kier alpha value is -2.71. The second kappa shape index (κ2) is 9.67. The smallest absolute Gasteiger partial charge is 0.227 e. The Morgan fingerprint density at radius 3 is 2.45 bits per heavy atom. The topological polar surface area (TPSA) is 92.3 Å². The largest absolute Gasteiger partial charge is 0.494 e. The molecule has 0 spiro atoms. The molecule has 152 valence electrons. The van der Waals surface area contributed by atoms with Gasteiger partial charge in [-0.2, -0.15) is 0 Å². The number of nitrogens with zero attached hydrogens (tertiary/aromatic N) is 3. The van der Waals surface area contributed by atoms with Crippen molar-refractivity contribution in [1.82, 2.24) is 14.8 Å². The van der Waals surface area contributed by atoms with Gasteiger partial charge < -0.3 is 15.2 Å². The van der Waals surface area contributed by atoms with Crippen molar-refractivity contribution in [3.05, 3.63) is 58.9 Å². The van der Waals surface area contributed by atoms with Crippen LogP contribution in [0, 0.1) is 6.92 Å². The molecule has 2 N–H and O–H groups in total. The van der Waals surface area contributed by atoms with Crippen molar-refractivity contribution in [3.8, 4) is 17.2 Å². The molecule has 0 saturated heterocycles. The van der Waals surface area contributed by atoms with Gasteiger partial charge in [-0.1, -0.05) is 29.4 Å². The monoisotopic (exact) mass is 432 g/mol. The summed E-state index contributed by atoms with van der Waals surface area (Å²) in [5.41, 5.74) is 7.02. The molecule has 1 aromatic heterocycles. The zero-order valence-electron chi connectivity index (χ0n) is 16.1. The molecule has 7 nitrogen and oxygen atoms in total. The Morgan fingerprint density at radius 1 is 1.14 bits per heavy atom. The summed E-state index contributed by atoms with van der Waals surface area (Å²) in [6, 6.07) is 13.0. The van der Waals surface area contributed by atoms with E-state index in [0.29, 0.717) is 28.4 Å². The molecule has 0 fully saturated rings. The molecule has 2 aromatic carbocycles. The van der Waals surface area contributed by atoms with Gasteiger partial charge >= 0.3 is 0 Å². The molecule has 0 unspecified atom stereocenters. The molecule has 9 heteroatoms. The zero-order chi connectivity index (χ0) is 20.8. The lowest BCUT2D eigenvalue weighted by Crippen LogP contribution is -2.14. The summed E-state index contributed by atoms with van der Waals surface area (Å²) in [5, 5.41) is 9.59. The molecule has 0 radical (unpaired) electrons. The highest BCUT2D eigenvalue weighted by Crippen LogP contribution is 2.26. The Bertz CT molecular complexity index is 992. The highest BCUT2D eigenvalue weighted by atomic mass is 35.5. The Morgan fingerprint density at radius 2 is 1.83 bits per heavy atom. The number of aryl methyl sites for hydroxylation is 1. The first kappa shape index (κ1) is 21.0. The average Bonchev–Trinajstić information content (AvgIpc) is 3.11. The van der Waals surface area contributed by atoms with Crippen molar-refractivity contribution in [2.75, 3.05) is 12.4 Å². The van der Waals surface area contributed by atoms with Gasteiger partial charge in [-0.3, -0.25) is 9.36 Å². The van der Waals surface area contributed by atoms with Gasteiger partial charge in [0.2, 0.25) is 5.91 Å². The van der Waals surface area contributed by atoms with E-state index in [9.17, 15) is 4.79 Å². The predicted molar refractivity (Wildman–Crippen MR) is 113 cm³/mol. The van der Waals surface area contributed by atoms with E-state index >= 15 is 0 Å². The second-order valence-corrected chi connectivity index (χ2v) is 7.47. The van der Waals surface area contributed by atoms with E-state index in [0.717, 1.165) is 17.0 Å². The van der Waals surface area contributed by atoms with E-state index in [1.165, 1.54) is 11.8 Å².